The summed E-state index contributed by atoms with van der Waals surface area (Å²) in [5.41, 5.74) is 4.35. The van der Waals surface area contributed by atoms with Crippen LogP contribution in [-0.4, -0.2) is 50.6 Å². The summed E-state index contributed by atoms with van der Waals surface area (Å²) >= 11 is 1.55. The molecule has 9 nitrogen and oxygen atoms in total. The second kappa shape index (κ2) is 12.3. The number of anilines is 1. The fourth-order valence-corrected chi connectivity index (χ4v) is 5.71. The second-order valence-corrected chi connectivity index (χ2v) is 11.8. The van der Waals surface area contributed by atoms with E-state index in [0.29, 0.717) is 13.2 Å². The van der Waals surface area contributed by atoms with E-state index in [9.17, 15) is 9.59 Å². The zero-order valence-corrected chi connectivity index (χ0v) is 24.6. The van der Waals surface area contributed by atoms with Gasteiger partial charge in [-0.2, -0.15) is 5.10 Å². The Morgan fingerprint density at radius 1 is 1.13 bits per heavy atom. The van der Waals surface area contributed by atoms with E-state index in [0.717, 1.165) is 71.3 Å². The van der Waals surface area contributed by atoms with Crippen LogP contribution in [0.25, 0.3) is 0 Å². The maximum Gasteiger partial charge on any atom is 0.416 e. The van der Waals surface area contributed by atoms with Crippen LogP contribution < -0.4 is 4.90 Å². The smallest absolute Gasteiger partial charge is 0.416 e. The van der Waals surface area contributed by atoms with Gasteiger partial charge in [0.25, 0.3) is 0 Å². The molecular formula is C29H39N5O4S. The van der Waals surface area contributed by atoms with Gasteiger partial charge in [0.15, 0.2) is 0 Å². The topological polar surface area (TPSA) is 99.4 Å². The van der Waals surface area contributed by atoms with Gasteiger partial charge in [-0.15, -0.1) is 11.3 Å². The monoisotopic (exact) mass is 553 g/mol. The lowest BCUT2D eigenvalue weighted by Crippen LogP contribution is -2.40. The Morgan fingerprint density at radius 2 is 1.90 bits per heavy atom. The minimum absolute atomic E-state index is 0.190. The summed E-state index contributed by atoms with van der Waals surface area (Å²) in [7, 11) is 0. The van der Waals surface area contributed by atoms with Gasteiger partial charge in [0.05, 0.1) is 24.4 Å². The zero-order valence-electron chi connectivity index (χ0n) is 23.8. The number of aryl methyl sites for hydroxylation is 5. The molecule has 1 unspecified atom stereocenters. The number of hydrogen-bond donors (Lipinski definition) is 0. The number of carbonyl (C=O) groups is 2. The third-order valence-corrected chi connectivity index (χ3v) is 7.43. The minimum Gasteiger partial charge on any atom is -0.466 e. The molecule has 3 aromatic rings. The fraction of sp³-hybridized carbons (Fsp3) is 0.552. The van der Waals surface area contributed by atoms with Crippen LogP contribution in [0.1, 0.15) is 86.3 Å². The largest absolute Gasteiger partial charge is 0.466 e. The van der Waals surface area contributed by atoms with Gasteiger partial charge in [-0.3, -0.25) is 14.4 Å². The molecule has 0 radical (unpaired) electrons. The fourth-order valence-electron chi connectivity index (χ4n) is 4.77. The Kier molecular flexibility index (Phi) is 9.04. The lowest BCUT2D eigenvalue weighted by atomic mass is 10.0. The van der Waals surface area contributed by atoms with Gasteiger partial charge in [-0.25, -0.2) is 14.8 Å². The van der Waals surface area contributed by atoms with Crippen LogP contribution in [0.15, 0.2) is 23.6 Å². The van der Waals surface area contributed by atoms with E-state index < -0.39 is 5.60 Å². The highest BCUT2D eigenvalue weighted by Crippen LogP contribution is 2.29. The second-order valence-electron chi connectivity index (χ2n) is 10.9. The van der Waals surface area contributed by atoms with Crippen LogP contribution in [0.4, 0.5) is 10.6 Å². The number of hydrogen-bond acceptors (Lipinski definition) is 8. The molecule has 0 spiro atoms. The molecule has 0 saturated carbocycles. The van der Waals surface area contributed by atoms with E-state index in [1.54, 1.807) is 16.2 Å². The average molecular weight is 554 g/mol. The first-order chi connectivity index (χ1) is 18.5. The molecule has 4 rings (SSSR count). The van der Waals surface area contributed by atoms with Crippen molar-refractivity contribution < 1.29 is 19.1 Å². The van der Waals surface area contributed by atoms with Crippen LogP contribution in [0.5, 0.6) is 0 Å². The highest BCUT2D eigenvalue weighted by molar-refractivity contribution is 7.09. The number of thiazole rings is 1. The van der Waals surface area contributed by atoms with Crippen LogP contribution in [0, 0.1) is 13.8 Å². The van der Waals surface area contributed by atoms with Gasteiger partial charge >= 0.3 is 12.1 Å². The summed E-state index contributed by atoms with van der Waals surface area (Å²) in [5.74, 6) is 0.460. The molecule has 3 aromatic heterocycles. The number of pyridine rings is 1. The van der Waals surface area contributed by atoms with Gasteiger partial charge in [-0.05, 0) is 91.3 Å². The molecule has 1 atom stereocenters. The predicted molar refractivity (Wildman–Crippen MR) is 151 cm³/mol. The molecule has 10 heteroatoms. The third kappa shape index (κ3) is 7.44. The van der Waals surface area contributed by atoms with Gasteiger partial charge in [0.2, 0.25) is 0 Å². The van der Waals surface area contributed by atoms with E-state index in [1.165, 1.54) is 0 Å². The van der Waals surface area contributed by atoms with Crippen molar-refractivity contribution in [3.8, 4) is 0 Å². The molecular weight excluding hydrogens is 514 g/mol. The van der Waals surface area contributed by atoms with Gasteiger partial charge < -0.3 is 9.47 Å². The molecule has 0 bridgehead atoms. The number of aromatic nitrogens is 4. The Bertz CT molecular complexity index is 1310. The number of amides is 1. The highest BCUT2D eigenvalue weighted by Gasteiger charge is 2.29. The summed E-state index contributed by atoms with van der Waals surface area (Å²) < 4.78 is 12.7. The quantitative estimate of drug-likeness (QED) is 0.311. The highest BCUT2D eigenvalue weighted by atomic mass is 32.1. The number of esters is 1. The first-order valence-electron chi connectivity index (χ1n) is 13.7. The summed E-state index contributed by atoms with van der Waals surface area (Å²) in [6.07, 6.45) is 4.07. The van der Waals surface area contributed by atoms with Gasteiger partial charge in [0, 0.05) is 23.3 Å². The van der Waals surface area contributed by atoms with Crippen LogP contribution in [-0.2, 0) is 33.5 Å². The molecule has 1 aliphatic rings. The summed E-state index contributed by atoms with van der Waals surface area (Å²) in [4.78, 5) is 36.6. The Hall–Kier alpha value is -3.27. The molecule has 0 saturated heterocycles. The van der Waals surface area contributed by atoms with Crippen molar-refractivity contribution in [2.24, 2.45) is 0 Å². The molecule has 1 amide bonds. The molecule has 4 heterocycles. The van der Waals surface area contributed by atoms with Crippen LogP contribution in [0.2, 0.25) is 0 Å². The van der Waals surface area contributed by atoms with Crippen molar-refractivity contribution in [1.82, 2.24) is 19.7 Å². The van der Waals surface area contributed by atoms with Crippen molar-refractivity contribution in [3.05, 3.63) is 56.9 Å². The van der Waals surface area contributed by atoms with Crippen molar-refractivity contribution in [2.45, 2.75) is 91.7 Å². The Balaban J connectivity index is 1.43. The summed E-state index contributed by atoms with van der Waals surface area (Å²) in [6, 6.07) is 5.85. The molecule has 1 aliphatic heterocycles. The van der Waals surface area contributed by atoms with Gasteiger partial charge in [0.1, 0.15) is 22.5 Å². The number of ether oxygens (including phenoxy) is 2. The first-order valence-corrected chi connectivity index (χ1v) is 14.5. The lowest BCUT2D eigenvalue weighted by molar-refractivity contribution is -0.143. The van der Waals surface area contributed by atoms with E-state index >= 15 is 0 Å². The Morgan fingerprint density at radius 3 is 2.59 bits per heavy atom. The number of nitrogens with zero attached hydrogens (tertiary/aromatic N) is 5. The number of carbonyl (C=O) groups excluding carboxylic acids is 2. The van der Waals surface area contributed by atoms with E-state index in [-0.39, 0.29) is 24.5 Å². The van der Waals surface area contributed by atoms with Crippen LogP contribution in [0.3, 0.4) is 0 Å². The standard InChI is InChI=1S/C29H39N5O4S/c1-7-37-25(35)17-24(34-20(3)16-19(2)32-34)27-31-23(18-39-27)12-8-11-22-14-13-21-10-9-15-33(26(21)30-22)28(36)38-29(4,5)6/h13-14,16,18,24H,7-12,15,17H2,1-6H3. The lowest BCUT2D eigenvalue weighted by Gasteiger charge is -2.31. The van der Waals surface area contributed by atoms with Gasteiger partial charge in [-0.1, -0.05) is 6.07 Å². The zero-order chi connectivity index (χ0) is 28.2. The number of fused-ring (bicyclic) bond motifs is 1. The molecule has 0 N–H and O–H groups in total. The van der Waals surface area contributed by atoms with E-state index in [1.807, 2.05) is 52.3 Å². The normalized spacial score (nSPS) is 14.2. The molecule has 0 aromatic carbocycles. The first kappa shape index (κ1) is 28.7. The molecule has 0 fully saturated rings. The molecule has 0 aliphatic carbocycles. The SMILES string of the molecule is CCOC(=O)CC(c1nc(CCCc2ccc3c(n2)N(C(=O)OC(C)(C)C)CCC3)cs1)n1nc(C)cc1C. The van der Waals surface area contributed by atoms with Crippen molar-refractivity contribution in [2.75, 3.05) is 18.1 Å². The van der Waals surface area contributed by atoms with Crippen molar-refractivity contribution in [3.63, 3.8) is 0 Å². The minimum atomic E-state index is -0.553. The van der Waals surface area contributed by atoms with E-state index in [2.05, 4.69) is 22.6 Å². The van der Waals surface area contributed by atoms with Crippen molar-refractivity contribution >= 4 is 29.2 Å². The number of rotatable bonds is 9. The van der Waals surface area contributed by atoms with Crippen molar-refractivity contribution in [1.29, 1.82) is 0 Å². The third-order valence-electron chi connectivity index (χ3n) is 6.44. The summed E-state index contributed by atoms with van der Waals surface area (Å²) in [6.45, 7) is 12.3. The maximum absolute atomic E-state index is 12.8. The predicted octanol–water partition coefficient (Wildman–Crippen LogP) is 5.76. The maximum atomic E-state index is 12.8. The van der Waals surface area contributed by atoms with Crippen LogP contribution >= 0.6 is 11.3 Å². The molecule has 210 valence electrons. The molecule has 39 heavy (non-hydrogen) atoms. The Labute approximate surface area is 234 Å². The van der Waals surface area contributed by atoms with E-state index in [4.69, 9.17) is 19.4 Å². The average Bonchev–Trinajstić information content (AvgIpc) is 3.46. The summed E-state index contributed by atoms with van der Waals surface area (Å²) in [5, 5.41) is 7.52.